The number of hydrogen-bond acceptors (Lipinski definition) is 9. The third-order valence-electron chi connectivity index (χ3n) is 6.94. The quantitative estimate of drug-likeness (QED) is 0.358. The van der Waals surface area contributed by atoms with Crippen molar-refractivity contribution in [2.75, 3.05) is 49.3 Å². The Morgan fingerprint density at radius 2 is 1.87 bits per heavy atom. The number of furan rings is 1. The summed E-state index contributed by atoms with van der Waals surface area (Å²) in [6.07, 6.45) is 1.57. The minimum absolute atomic E-state index is 0.142. The summed E-state index contributed by atoms with van der Waals surface area (Å²) in [5.74, 6) is 7.92. The molecular formula is C24H27F2N9O3. The number of aryl methyl sites for hydroxylation is 1. The second kappa shape index (κ2) is 9.61. The molecule has 38 heavy (non-hydrogen) atoms. The maximum atomic E-state index is 13.2. The summed E-state index contributed by atoms with van der Waals surface area (Å²) in [5.41, 5.74) is 1.97. The smallest absolute Gasteiger partial charge is 0.387 e. The van der Waals surface area contributed by atoms with Gasteiger partial charge in [0.1, 0.15) is 23.8 Å². The molecule has 0 saturated carbocycles. The molecular weight excluding hydrogens is 500 g/mol. The summed E-state index contributed by atoms with van der Waals surface area (Å²) in [7, 11) is 1.69. The van der Waals surface area contributed by atoms with E-state index in [-0.39, 0.29) is 18.1 Å². The normalized spacial score (nSPS) is 16.4. The molecule has 2 N–H and O–H groups in total. The summed E-state index contributed by atoms with van der Waals surface area (Å²) in [6, 6.07) is 10.3. The van der Waals surface area contributed by atoms with Crippen molar-refractivity contribution in [3.63, 3.8) is 0 Å². The van der Waals surface area contributed by atoms with Crippen molar-refractivity contribution in [3.05, 3.63) is 64.6 Å². The SMILES string of the molecule is Cn1c(=O)n(CCN2CCN(c3ccc(OC(F)F)cc3)CC2)c2nc3c(n21)C(c1ccco1)=NCN3N. The molecule has 0 unspecified atom stereocenters. The molecule has 0 aliphatic carbocycles. The van der Waals surface area contributed by atoms with Gasteiger partial charge in [-0.1, -0.05) is 0 Å². The van der Waals surface area contributed by atoms with Crippen LogP contribution in [0.2, 0.25) is 0 Å². The van der Waals surface area contributed by atoms with E-state index in [4.69, 9.17) is 15.2 Å². The molecule has 1 aromatic carbocycles. The first-order valence-electron chi connectivity index (χ1n) is 12.2. The number of alkyl halides is 2. The van der Waals surface area contributed by atoms with Crippen LogP contribution in [0.4, 0.5) is 20.3 Å². The molecule has 0 bridgehead atoms. The van der Waals surface area contributed by atoms with Crippen LogP contribution in [0, 0.1) is 0 Å². The van der Waals surface area contributed by atoms with Crippen LogP contribution < -0.4 is 26.2 Å². The molecule has 5 heterocycles. The number of halogens is 2. The number of anilines is 2. The van der Waals surface area contributed by atoms with Gasteiger partial charge in [-0.05, 0) is 36.4 Å². The molecule has 14 heteroatoms. The number of ether oxygens (including phenoxy) is 1. The Bertz CT molecular complexity index is 1510. The van der Waals surface area contributed by atoms with Crippen molar-refractivity contribution in [1.29, 1.82) is 0 Å². The molecule has 0 atom stereocenters. The zero-order chi connectivity index (χ0) is 26.4. The van der Waals surface area contributed by atoms with Crippen molar-refractivity contribution in [2.45, 2.75) is 13.2 Å². The van der Waals surface area contributed by atoms with E-state index in [0.29, 0.717) is 41.9 Å². The highest BCUT2D eigenvalue weighted by molar-refractivity contribution is 6.14. The Hall–Kier alpha value is -4.17. The second-order valence-corrected chi connectivity index (χ2v) is 9.15. The lowest BCUT2D eigenvalue weighted by molar-refractivity contribution is -0.0498. The van der Waals surface area contributed by atoms with Crippen molar-refractivity contribution >= 4 is 23.0 Å². The number of hydrogen-bond donors (Lipinski definition) is 1. The molecule has 12 nitrogen and oxygen atoms in total. The first kappa shape index (κ1) is 24.2. The predicted molar refractivity (Wildman–Crippen MR) is 136 cm³/mol. The number of fused-ring (bicyclic) bond motifs is 3. The van der Waals surface area contributed by atoms with Crippen LogP contribution in [-0.2, 0) is 13.6 Å². The highest BCUT2D eigenvalue weighted by Gasteiger charge is 2.31. The van der Waals surface area contributed by atoms with Gasteiger partial charge in [0.25, 0.3) is 0 Å². The van der Waals surface area contributed by atoms with E-state index >= 15 is 0 Å². The third-order valence-corrected chi connectivity index (χ3v) is 6.94. The zero-order valence-electron chi connectivity index (χ0n) is 20.7. The fourth-order valence-electron chi connectivity index (χ4n) is 5.00. The molecule has 200 valence electrons. The van der Waals surface area contributed by atoms with Gasteiger partial charge in [0.05, 0.1) is 6.26 Å². The fourth-order valence-corrected chi connectivity index (χ4v) is 5.00. The number of nitrogens with zero attached hydrogens (tertiary/aromatic N) is 8. The number of piperazine rings is 1. The Morgan fingerprint density at radius 1 is 1.11 bits per heavy atom. The minimum Gasteiger partial charge on any atom is -0.463 e. The molecule has 2 aliphatic heterocycles. The molecule has 2 aliphatic rings. The van der Waals surface area contributed by atoms with Gasteiger partial charge >= 0.3 is 12.3 Å². The zero-order valence-corrected chi connectivity index (χ0v) is 20.7. The van der Waals surface area contributed by atoms with Crippen LogP contribution in [0.1, 0.15) is 11.5 Å². The van der Waals surface area contributed by atoms with Crippen LogP contribution in [0.3, 0.4) is 0 Å². The number of benzene rings is 1. The van der Waals surface area contributed by atoms with Gasteiger partial charge in [-0.15, -0.1) is 0 Å². The van der Waals surface area contributed by atoms with E-state index in [1.54, 1.807) is 52.7 Å². The number of hydrazine groups is 1. The van der Waals surface area contributed by atoms with Crippen LogP contribution in [0.15, 0.2) is 56.9 Å². The summed E-state index contributed by atoms with van der Waals surface area (Å²) in [5, 5.41) is 1.45. The first-order valence-corrected chi connectivity index (χ1v) is 12.2. The van der Waals surface area contributed by atoms with Gasteiger partial charge in [-0.2, -0.15) is 13.8 Å². The molecule has 3 aromatic heterocycles. The van der Waals surface area contributed by atoms with E-state index < -0.39 is 6.61 Å². The lowest BCUT2D eigenvalue weighted by atomic mass is 10.2. The van der Waals surface area contributed by atoms with Gasteiger partial charge in [-0.25, -0.2) is 19.8 Å². The van der Waals surface area contributed by atoms with Crippen LogP contribution in [0.25, 0.3) is 5.78 Å². The van der Waals surface area contributed by atoms with Gasteiger partial charge in [0, 0.05) is 52.0 Å². The fraction of sp³-hybridized carbons (Fsp3) is 0.375. The summed E-state index contributed by atoms with van der Waals surface area (Å²) >= 11 is 0. The van der Waals surface area contributed by atoms with E-state index in [1.165, 1.54) is 9.69 Å². The number of aliphatic imine (C=N–C) groups is 1. The molecule has 4 aromatic rings. The number of nitrogens with two attached hydrogens (primary N) is 1. The van der Waals surface area contributed by atoms with E-state index in [9.17, 15) is 13.6 Å². The lowest BCUT2D eigenvalue weighted by Crippen LogP contribution is -2.47. The lowest BCUT2D eigenvalue weighted by Gasteiger charge is -2.36. The summed E-state index contributed by atoms with van der Waals surface area (Å²) in [4.78, 5) is 26.9. The Labute approximate surface area is 215 Å². The van der Waals surface area contributed by atoms with Gasteiger partial charge in [0.2, 0.25) is 5.78 Å². The largest absolute Gasteiger partial charge is 0.463 e. The molecule has 0 amide bonds. The minimum atomic E-state index is -2.84. The number of rotatable bonds is 7. The average molecular weight is 528 g/mol. The second-order valence-electron chi connectivity index (χ2n) is 9.15. The van der Waals surface area contributed by atoms with Gasteiger partial charge < -0.3 is 14.1 Å². The Balaban J connectivity index is 1.17. The van der Waals surface area contributed by atoms with Gasteiger partial charge in [-0.3, -0.25) is 19.5 Å². The maximum Gasteiger partial charge on any atom is 0.387 e. The van der Waals surface area contributed by atoms with E-state index in [0.717, 1.165) is 31.9 Å². The molecule has 1 fully saturated rings. The molecule has 0 spiro atoms. The van der Waals surface area contributed by atoms with Gasteiger partial charge in [0.15, 0.2) is 11.6 Å². The standard InChI is InChI=1S/C24H27F2N9O3/c1-30-24(36)33(23-29-21-20(35(23)30)19(28-15-34(21)27)18-3-2-14-37-18)13-10-31-8-11-32(12-9-31)16-4-6-17(7-5-16)38-22(25)26/h2-7,14,22H,8-13,15,27H2,1H3. The molecule has 6 rings (SSSR count). The highest BCUT2D eigenvalue weighted by Crippen LogP contribution is 2.27. The topological polar surface area (TPSA) is 115 Å². The Morgan fingerprint density at radius 3 is 2.55 bits per heavy atom. The molecule has 1 saturated heterocycles. The van der Waals surface area contributed by atoms with Crippen molar-refractivity contribution < 1.29 is 17.9 Å². The maximum absolute atomic E-state index is 13.2. The van der Waals surface area contributed by atoms with E-state index in [1.807, 2.05) is 6.07 Å². The number of aromatic nitrogens is 4. The van der Waals surface area contributed by atoms with Crippen LogP contribution in [-0.4, -0.2) is 75.4 Å². The van der Waals surface area contributed by atoms with Crippen LogP contribution >= 0.6 is 0 Å². The van der Waals surface area contributed by atoms with Crippen molar-refractivity contribution in [1.82, 2.24) is 23.6 Å². The van der Waals surface area contributed by atoms with E-state index in [2.05, 4.69) is 19.5 Å². The van der Waals surface area contributed by atoms with Crippen molar-refractivity contribution in [2.24, 2.45) is 17.9 Å². The predicted octanol–water partition coefficient (Wildman–Crippen LogP) is 1.34. The average Bonchev–Trinajstić information content (AvgIpc) is 3.63. The highest BCUT2D eigenvalue weighted by atomic mass is 19.3. The Kier molecular flexibility index (Phi) is 6.12. The summed E-state index contributed by atoms with van der Waals surface area (Å²) in [6.45, 7) is 1.65. The summed E-state index contributed by atoms with van der Waals surface area (Å²) < 4.78 is 39.7. The number of imidazole rings is 1. The third kappa shape index (κ3) is 4.20. The molecule has 0 radical (unpaired) electrons. The first-order chi connectivity index (χ1) is 18.4. The van der Waals surface area contributed by atoms with Crippen molar-refractivity contribution in [3.8, 4) is 5.75 Å². The monoisotopic (exact) mass is 527 g/mol. The van der Waals surface area contributed by atoms with Crippen LogP contribution in [0.5, 0.6) is 5.75 Å².